The van der Waals surface area contributed by atoms with Gasteiger partial charge >= 0.3 is 11.9 Å². The highest BCUT2D eigenvalue weighted by atomic mass is 35.5. The Morgan fingerprint density at radius 1 is 0.926 bits per heavy atom. The van der Waals surface area contributed by atoms with E-state index >= 15 is 0 Å². The molecule has 1 aromatic carbocycles. The van der Waals surface area contributed by atoms with E-state index in [1.165, 1.54) is 6.07 Å². The molecule has 1 aromatic rings. The van der Waals surface area contributed by atoms with Gasteiger partial charge in [-0.05, 0) is 78.0 Å². The van der Waals surface area contributed by atoms with Gasteiger partial charge in [-0.3, -0.25) is 0 Å². The van der Waals surface area contributed by atoms with Gasteiger partial charge in [-0.15, -0.1) is 0 Å². The summed E-state index contributed by atoms with van der Waals surface area (Å²) in [5.74, 6) is -0.542. The summed E-state index contributed by atoms with van der Waals surface area (Å²) in [6.07, 6.45) is 2.75. The fourth-order valence-electron chi connectivity index (χ4n) is 2.51. The topological polar surface area (TPSA) is 52.6 Å². The van der Waals surface area contributed by atoms with E-state index in [0.29, 0.717) is 10.9 Å². The number of aryl methyl sites for hydroxylation is 1. The molecule has 0 unspecified atom stereocenters. The van der Waals surface area contributed by atoms with Crippen molar-refractivity contribution in [3.8, 4) is 0 Å². The molecule has 0 aromatic heterocycles. The number of rotatable bonds is 6. The van der Waals surface area contributed by atoms with Crippen LogP contribution >= 0.6 is 11.6 Å². The minimum Gasteiger partial charge on any atom is -0.456 e. The first-order valence-electron chi connectivity index (χ1n) is 9.48. The monoisotopic (exact) mass is 396 g/mol. The number of carbonyl (C=O) groups excluding carboxylic acids is 2. The molecule has 5 heteroatoms. The molecule has 152 valence electrons. The Balaban J connectivity index is 3.29. The van der Waals surface area contributed by atoms with Crippen molar-refractivity contribution < 1.29 is 19.1 Å². The summed E-state index contributed by atoms with van der Waals surface area (Å²) < 4.78 is 10.9. The quantitative estimate of drug-likeness (QED) is 0.535. The third-order valence-electron chi connectivity index (χ3n) is 3.65. The summed E-state index contributed by atoms with van der Waals surface area (Å²) in [6, 6.07) is 3.20. The highest BCUT2D eigenvalue weighted by Gasteiger charge is 2.27. The maximum atomic E-state index is 12.7. The number of halogens is 1. The van der Waals surface area contributed by atoms with Crippen LogP contribution in [-0.2, 0) is 15.9 Å². The van der Waals surface area contributed by atoms with Crippen LogP contribution in [0.5, 0.6) is 0 Å². The van der Waals surface area contributed by atoms with Crippen molar-refractivity contribution in [3.05, 3.63) is 33.8 Å². The summed E-state index contributed by atoms with van der Waals surface area (Å²) in [5.41, 5.74) is -0.171. The van der Waals surface area contributed by atoms with Gasteiger partial charge in [0, 0.05) is 5.02 Å². The predicted octanol–water partition coefficient (Wildman–Crippen LogP) is 6.23. The van der Waals surface area contributed by atoms with Crippen molar-refractivity contribution in [1.82, 2.24) is 0 Å². The van der Waals surface area contributed by atoms with E-state index in [9.17, 15) is 9.59 Å². The molecular weight excluding hydrogens is 364 g/mol. The average molecular weight is 397 g/mol. The van der Waals surface area contributed by atoms with Crippen LogP contribution in [0, 0.1) is 5.92 Å². The molecule has 0 atom stereocenters. The first-order chi connectivity index (χ1) is 12.2. The Morgan fingerprint density at radius 2 is 1.37 bits per heavy atom. The zero-order valence-corrected chi connectivity index (χ0v) is 18.6. The fraction of sp³-hybridized carbons (Fsp3) is 0.636. The summed E-state index contributed by atoms with van der Waals surface area (Å²) >= 11 is 6.41. The highest BCUT2D eigenvalue weighted by Crippen LogP contribution is 2.27. The van der Waals surface area contributed by atoms with Crippen LogP contribution in [0.4, 0.5) is 0 Å². The van der Waals surface area contributed by atoms with Gasteiger partial charge in [0.1, 0.15) is 11.2 Å². The summed E-state index contributed by atoms with van der Waals surface area (Å²) in [4.78, 5) is 25.4. The van der Waals surface area contributed by atoms with Crippen molar-refractivity contribution in [2.24, 2.45) is 5.92 Å². The van der Waals surface area contributed by atoms with Gasteiger partial charge in [0.25, 0.3) is 0 Å². The first-order valence-corrected chi connectivity index (χ1v) is 9.86. The van der Waals surface area contributed by atoms with Gasteiger partial charge in [-0.2, -0.15) is 0 Å². The van der Waals surface area contributed by atoms with Crippen LogP contribution in [0.15, 0.2) is 12.1 Å². The normalized spacial score (nSPS) is 12.2. The van der Waals surface area contributed by atoms with Crippen LogP contribution in [0.25, 0.3) is 0 Å². The molecule has 0 fully saturated rings. The minimum atomic E-state index is -0.676. The molecule has 0 aliphatic carbocycles. The largest absolute Gasteiger partial charge is 0.456 e. The van der Waals surface area contributed by atoms with E-state index in [1.807, 2.05) is 0 Å². The number of ether oxygens (including phenoxy) is 2. The molecule has 0 aliphatic heterocycles. The zero-order valence-electron chi connectivity index (χ0n) is 17.9. The third kappa shape index (κ3) is 8.34. The van der Waals surface area contributed by atoms with E-state index < -0.39 is 23.1 Å². The van der Waals surface area contributed by atoms with Crippen molar-refractivity contribution in [1.29, 1.82) is 0 Å². The average Bonchev–Trinajstić information content (AvgIpc) is 2.44. The Kier molecular flexibility index (Phi) is 7.91. The number of hydrogen-bond acceptors (Lipinski definition) is 4. The van der Waals surface area contributed by atoms with E-state index in [2.05, 4.69) is 13.8 Å². The second-order valence-corrected chi connectivity index (χ2v) is 9.69. The molecule has 0 N–H and O–H groups in total. The Morgan fingerprint density at radius 3 is 1.78 bits per heavy atom. The lowest BCUT2D eigenvalue weighted by Gasteiger charge is -2.23. The molecule has 0 amide bonds. The Bertz CT molecular complexity index is 679. The molecule has 0 radical (unpaired) electrons. The lowest BCUT2D eigenvalue weighted by molar-refractivity contribution is 0.00186. The lowest BCUT2D eigenvalue weighted by atomic mass is 9.98. The first kappa shape index (κ1) is 23.5. The van der Waals surface area contributed by atoms with Crippen molar-refractivity contribution in [2.45, 2.75) is 85.9 Å². The maximum absolute atomic E-state index is 12.7. The van der Waals surface area contributed by atoms with Gasteiger partial charge in [-0.25, -0.2) is 9.59 Å². The van der Waals surface area contributed by atoms with Crippen LogP contribution < -0.4 is 0 Å². The second kappa shape index (κ2) is 9.09. The molecule has 0 bridgehead atoms. The molecule has 4 nitrogen and oxygen atoms in total. The second-order valence-electron chi connectivity index (χ2n) is 9.28. The van der Waals surface area contributed by atoms with Crippen molar-refractivity contribution in [3.63, 3.8) is 0 Å². The van der Waals surface area contributed by atoms with Gasteiger partial charge in [-0.1, -0.05) is 31.9 Å². The Labute approximate surface area is 168 Å². The van der Waals surface area contributed by atoms with E-state index in [0.717, 1.165) is 24.8 Å². The molecule has 0 saturated carbocycles. The SMILES string of the molecule is CC(C)CCCc1cc(C(=O)OC(C)(C)C)c(C(=O)OC(C)(C)C)cc1Cl. The van der Waals surface area contributed by atoms with Gasteiger partial charge in [0.05, 0.1) is 11.1 Å². The molecule has 1 rings (SSSR count). The van der Waals surface area contributed by atoms with E-state index in [1.54, 1.807) is 47.6 Å². The summed E-state index contributed by atoms with van der Waals surface area (Å²) in [6.45, 7) is 15.0. The number of esters is 2. The molecule has 0 aliphatic rings. The van der Waals surface area contributed by atoms with Crippen molar-refractivity contribution >= 4 is 23.5 Å². The molecule has 0 spiro atoms. The van der Waals surface area contributed by atoms with E-state index in [4.69, 9.17) is 21.1 Å². The maximum Gasteiger partial charge on any atom is 0.339 e. The van der Waals surface area contributed by atoms with E-state index in [-0.39, 0.29) is 11.1 Å². The number of carbonyl (C=O) groups is 2. The zero-order chi connectivity index (χ0) is 21.0. The minimum absolute atomic E-state index is 0.136. The van der Waals surface area contributed by atoms with Gasteiger partial charge < -0.3 is 9.47 Å². The highest BCUT2D eigenvalue weighted by molar-refractivity contribution is 6.32. The third-order valence-corrected chi connectivity index (χ3v) is 4.00. The fourth-order valence-corrected chi connectivity index (χ4v) is 2.77. The van der Waals surface area contributed by atoms with Crippen molar-refractivity contribution in [2.75, 3.05) is 0 Å². The van der Waals surface area contributed by atoms with Crippen LogP contribution in [0.1, 0.15) is 94.5 Å². The molecule has 0 heterocycles. The predicted molar refractivity (Wildman–Crippen MR) is 110 cm³/mol. The molecular formula is C22H33ClO4. The standard InChI is InChI=1S/C22H33ClO4/c1-14(2)10-9-11-15-12-16(19(24)26-21(3,4)5)17(13-18(15)23)20(25)27-22(6,7)8/h12-14H,9-11H2,1-8H3. The summed E-state index contributed by atoms with van der Waals surface area (Å²) in [5, 5.41) is 0.465. The summed E-state index contributed by atoms with van der Waals surface area (Å²) in [7, 11) is 0. The molecule has 27 heavy (non-hydrogen) atoms. The smallest absolute Gasteiger partial charge is 0.339 e. The number of benzene rings is 1. The van der Waals surface area contributed by atoms with Crippen LogP contribution in [0.2, 0.25) is 5.02 Å². The van der Waals surface area contributed by atoms with Crippen LogP contribution in [0.3, 0.4) is 0 Å². The number of hydrogen-bond donors (Lipinski definition) is 0. The van der Waals surface area contributed by atoms with Gasteiger partial charge in [0.2, 0.25) is 0 Å². The molecule has 0 saturated heterocycles. The van der Waals surface area contributed by atoms with Crippen LogP contribution in [-0.4, -0.2) is 23.1 Å². The Hall–Kier alpha value is -1.55. The van der Waals surface area contributed by atoms with Gasteiger partial charge in [0.15, 0.2) is 0 Å². The lowest BCUT2D eigenvalue weighted by Crippen LogP contribution is -2.28.